The predicted molar refractivity (Wildman–Crippen MR) is 73.5 cm³/mol. The highest BCUT2D eigenvalue weighted by Gasteiger charge is 2.08. The minimum Gasteiger partial charge on any atom is -0.324 e. The monoisotopic (exact) mass is 257 g/mol. The van der Waals surface area contributed by atoms with Crippen molar-refractivity contribution in [3.63, 3.8) is 0 Å². The van der Waals surface area contributed by atoms with Gasteiger partial charge in [0.1, 0.15) is 5.82 Å². The van der Waals surface area contributed by atoms with Gasteiger partial charge in [0.25, 0.3) is 0 Å². The lowest BCUT2D eigenvalue weighted by Crippen LogP contribution is -2.04. The van der Waals surface area contributed by atoms with Crippen LogP contribution < -0.4 is 5.73 Å². The van der Waals surface area contributed by atoms with E-state index in [0.29, 0.717) is 6.54 Å². The maximum Gasteiger partial charge on any atom is 0.127 e. The first-order valence-corrected chi connectivity index (χ1v) is 6.09. The highest BCUT2D eigenvalue weighted by atomic mass is 35.5. The Labute approximate surface area is 110 Å². The second kappa shape index (κ2) is 4.44. The summed E-state index contributed by atoms with van der Waals surface area (Å²) in [7, 11) is 0. The van der Waals surface area contributed by atoms with Crippen molar-refractivity contribution in [3.05, 3.63) is 59.5 Å². The molecular weight excluding hydrogens is 246 g/mol. The maximum absolute atomic E-state index is 6.04. The van der Waals surface area contributed by atoms with Crippen molar-refractivity contribution in [2.45, 2.75) is 6.54 Å². The molecule has 0 aliphatic carbocycles. The van der Waals surface area contributed by atoms with Crippen molar-refractivity contribution >= 4 is 17.1 Å². The van der Waals surface area contributed by atoms with Crippen LogP contribution in [0.25, 0.3) is 16.8 Å². The first kappa shape index (κ1) is 11.3. The Kier molecular flexibility index (Phi) is 2.78. The third-order valence-electron chi connectivity index (χ3n) is 2.93. The Balaban J connectivity index is 2.31. The normalized spacial score (nSPS) is 11.0. The molecule has 0 aliphatic heterocycles. The second-order valence-corrected chi connectivity index (χ2v) is 4.50. The topological polar surface area (TPSA) is 43.3 Å². The Morgan fingerprint density at radius 2 is 2.00 bits per heavy atom. The summed E-state index contributed by atoms with van der Waals surface area (Å²) in [5, 5.41) is 0.721. The molecule has 3 rings (SSSR count). The molecule has 18 heavy (non-hydrogen) atoms. The number of imidazole rings is 1. The van der Waals surface area contributed by atoms with Gasteiger partial charge in [-0.25, -0.2) is 4.98 Å². The van der Waals surface area contributed by atoms with Gasteiger partial charge in [-0.2, -0.15) is 0 Å². The average molecular weight is 258 g/mol. The van der Waals surface area contributed by atoms with Crippen molar-refractivity contribution < 1.29 is 0 Å². The highest BCUT2D eigenvalue weighted by Crippen LogP contribution is 2.24. The minimum absolute atomic E-state index is 0.408. The van der Waals surface area contributed by atoms with E-state index in [2.05, 4.69) is 9.38 Å². The van der Waals surface area contributed by atoms with Gasteiger partial charge >= 0.3 is 0 Å². The molecule has 0 saturated carbocycles. The molecule has 90 valence electrons. The zero-order chi connectivity index (χ0) is 12.5. The van der Waals surface area contributed by atoms with E-state index in [0.717, 1.165) is 27.6 Å². The van der Waals surface area contributed by atoms with E-state index in [4.69, 9.17) is 17.3 Å². The van der Waals surface area contributed by atoms with Gasteiger partial charge in [-0.3, -0.25) is 4.40 Å². The zero-order valence-electron chi connectivity index (χ0n) is 9.68. The van der Waals surface area contributed by atoms with E-state index in [1.165, 1.54) is 0 Å². The average Bonchev–Trinajstić information content (AvgIpc) is 2.81. The summed E-state index contributed by atoms with van der Waals surface area (Å²) in [5.41, 5.74) is 8.87. The lowest BCUT2D eigenvalue weighted by molar-refractivity contribution is 0.907. The zero-order valence-corrected chi connectivity index (χ0v) is 10.4. The lowest BCUT2D eigenvalue weighted by atomic mass is 10.1. The summed E-state index contributed by atoms with van der Waals surface area (Å²) in [5.74, 6) is 0.848. The molecule has 0 spiro atoms. The maximum atomic E-state index is 6.04. The van der Waals surface area contributed by atoms with E-state index in [9.17, 15) is 0 Å². The van der Waals surface area contributed by atoms with Gasteiger partial charge in [0, 0.05) is 10.6 Å². The van der Waals surface area contributed by atoms with Gasteiger partial charge in [0.05, 0.1) is 24.0 Å². The first-order chi connectivity index (χ1) is 8.79. The van der Waals surface area contributed by atoms with Crippen LogP contribution >= 0.6 is 11.6 Å². The van der Waals surface area contributed by atoms with Crippen LogP contribution in [-0.4, -0.2) is 9.38 Å². The number of aromatic nitrogens is 2. The number of pyridine rings is 1. The number of nitrogens with zero attached hydrogens (tertiary/aromatic N) is 2. The van der Waals surface area contributed by atoms with Crippen molar-refractivity contribution in [2.24, 2.45) is 5.73 Å². The molecule has 2 aromatic heterocycles. The minimum atomic E-state index is 0.408. The first-order valence-electron chi connectivity index (χ1n) is 5.71. The molecule has 2 heterocycles. The molecule has 0 amide bonds. The molecule has 3 nitrogen and oxygen atoms in total. The summed E-state index contributed by atoms with van der Waals surface area (Å²) in [6, 6.07) is 13.8. The van der Waals surface area contributed by atoms with E-state index in [1.54, 1.807) is 0 Å². The van der Waals surface area contributed by atoms with Crippen molar-refractivity contribution in [1.82, 2.24) is 9.38 Å². The molecule has 0 saturated heterocycles. The summed E-state index contributed by atoms with van der Waals surface area (Å²) in [6.45, 7) is 0.408. The summed E-state index contributed by atoms with van der Waals surface area (Å²) in [6.07, 6.45) is 1.83. The van der Waals surface area contributed by atoms with E-state index in [-0.39, 0.29) is 0 Å². The smallest absolute Gasteiger partial charge is 0.127 e. The van der Waals surface area contributed by atoms with Gasteiger partial charge in [-0.05, 0) is 24.3 Å². The second-order valence-electron chi connectivity index (χ2n) is 4.06. The largest absolute Gasteiger partial charge is 0.324 e. The van der Waals surface area contributed by atoms with Crippen molar-refractivity contribution in [2.75, 3.05) is 0 Å². The van der Waals surface area contributed by atoms with Gasteiger partial charge < -0.3 is 5.73 Å². The SMILES string of the molecule is NCc1ncc2cccc(-c3cccc(Cl)c3)n12. The molecule has 0 aliphatic rings. The van der Waals surface area contributed by atoms with Gasteiger partial charge in [0.2, 0.25) is 0 Å². The number of rotatable bonds is 2. The number of hydrogen-bond acceptors (Lipinski definition) is 2. The molecule has 2 N–H and O–H groups in total. The van der Waals surface area contributed by atoms with Crippen molar-refractivity contribution in [1.29, 1.82) is 0 Å². The number of fused-ring (bicyclic) bond motifs is 1. The van der Waals surface area contributed by atoms with Crippen LogP contribution in [0.4, 0.5) is 0 Å². The lowest BCUT2D eigenvalue weighted by Gasteiger charge is -2.08. The number of benzene rings is 1. The molecule has 0 fully saturated rings. The molecule has 1 aromatic carbocycles. The third kappa shape index (κ3) is 1.78. The Bertz CT molecular complexity index is 703. The standard InChI is InChI=1S/C14H12ClN3/c15-11-4-1-3-10(7-11)13-6-2-5-12-9-17-14(8-16)18(12)13/h1-7,9H,8,16H2. The van der Waals surface area contributed by atoms with Crippen LogP contribution in [0.2, 0.25) is 5.02 Å². The van der Waals surface area contributed by atoms with Crippen LogP contribution in [-0.2, 0) is 6.54 Å². The number of halogens is 1. The highest BCUT2D eigenvalue weighted by molar-refractivity contribution is 6.30. The van der Waals surface area contributed by atoms with Gasteiger partial charge in [-0.15, -0.1) is 0 Å². The summed E-state index contributed by atoms with van der Waals surface area (Å²) < 4.78 is 2.06. The molecule has 4 heteroatoms. The van der Waals surface area contributed by atoms with Crippen LogP contribution in [0.5, 0.6) is 0 Å². The molecular formula is C14H12ClN3. The molecule has 0 unspecified atom stereocenters. The fraction of sp³-hybridized carbons (Fsp3) is 0.0714. The third-order valence-corrected chi connectivity index (χ3v) is 3.16. The number of nitrogens with two attached hydrogens (primary N) is 1. The van der Waals surface area contributed by atoms with Crippen LogP contribution in [0.3, 0.4) is 0 Å². The van der Waals surface area contributed by atoms with Crippen LogP contribution in [0.15, 0.2) is 48.7 Å². The molecule has 0 radical (unpaired) electrons. The van der Waals surface area contributed by atoms with E-state index in [1.807, 2.05) is 48.7 Å². The van der Waals surface area contributed by atoms with Crippen LogP contribution in [0.1, 0.15) is 5.82 Å². The van der Waals surface area contributed by atoms with E-state index < -0.39 is 0 Å². The number of hydrogen-bond donors (Lipinski definition) is 1. The van der Waals surface area contributed by atoms with Crippen LogP contribution in [0, 0.1) is 0 Å². The Morgan fingerprint density at radius 3 is 2.78 bits per heavy atom. The Hall–Kier alpha value is -1.84. The molecule has 0 bridgehead atoms. The summed E-state index contributed by atoms with van der Waals surface area (Å²) >= 11 is 6.04. The molecule has 0 atom stereocenters. The Morgan fingerprint density at radius 1 is 1.17 bits per heavy atom. The fourth-order valence-corrected chi connectivity index (χ4v) is 2.32. The fourth-order valence-electron chi connectivity index (χ4n) is 2.13. The van der Waals surface area contributed by atoms with Gasteiger partial charge in [0.15, 0.2) is 0 Å². The van der Waals surface area contributed by atoms with Crippen molar-refractivity contribution in [3.8, 4) is 11.3 Å². The van der Waals surface area contributed by atoms with Gasteiger partial charge in [-0.1, -0.05) is 29.8 Å². The summed E-state index contributed by atoms with van der Waals surface area (Å²) in [4.78, 5) is 4.33. The quantitative estimate of drug-likeness (QED) is 0.767. The molecule has 3 aromatic rings. The predicted octanol–water partition coefficient (Wildman–Crippen LogP) is 3.11. The van der Waals surface area contributed by atoms with E-state index >= 15 is 0 Å².